The minimum atomic E-state index is -0.0364. The average Bonchev–Trinajstić information content (AvgIpc) is 2.88. The van der Waals surface area contributed by atoms with E-state index in [4.69, 9.17) is 0 Å². The van der Waals surface area contributed by atoms with Gasteiger partial charge in [0.15, 0.2) is 5.17 Å². The zero-order valence-electron chi connectivity index (χ0n) is 13.6. The molecule has 1 heterocycles. The average molecular weight is 417 g/mol. The number of nitrogens with zero attached hydrogens (tertiary/aromatic N) is 2. The molecule has 1 aliphatic rings. The van der Waals surface area contributed by atoms with E-state index in [-0.39, 0.29) is 11.7 Å². The van der Waals surface area contributed by atoms with Gasteiger partial charge in [0.25, 0.3) is 5.91 Å². The van der Waals surface area contributed by atoms with Gasteiger partial charge in [0.05, 0.1) is 15.1 Å². The second kappa shape index (κ2) is 7.89. The summed E-state index contributed by atoms with van der Waals surface area (Å²) < 4.78 is 0.598. The van der Waals surface area contributed by atoms with E-state index in [1.54, 1.807) is 23.1 Å². The number of hydrogen-bond acceptors (Lipinski definition) is 4. The topological polar surface area (TPSA) is 52.9 Å². The Bertz CT molecular complexity index is 850. The molecule has 0 spiro atoms. The van der Waals surface area contributed by atoms with Gasteiger partial charge in [-0.25, -0.2) is 4.99 Å². The first-order valence-electron chi connectivity index (χ1n) is 7.92. The highest BCUT2D eigenvalue weighted by molar-refractivity contribution is 9.10. The van der Waals surface area contributed by atoms with Gasteiger partial charge in [-0.1, -0.05) is 31.2 Å². The number of hydrogen-bond donors (Lipinski definition) is 1. The number of rotatable bonds is 4. The van der Waals surface area contributed by atoms with Gasteiger partial charge in [-0.15, -0.1) is 0 Å². The predicted molar refractivity (Wildman–Crippen MR) is 107 cm³/mol. The Labute approximate surface area is 159 Å². The maximum absolute atomic E-state index is 12.7. The normalized spacial score (nSPS) is 17.7. The van der Waals surface area contributed by atoms with Crippen LogP contribution in [0.25, 0.3) is 6.08 Å². The molecule has 0 aliphatic carbocycles. The monoisotopic (exact) mass is 416 g/mol. The summed E-state index contributed by atoms with van der Waals surface area (Å²) in [4.78, 5) is 19.7. The van der Waals surface area contributed by atoms with Crippen molar-refractivity contribution in [3.63, 3.8) is 0 Å². The van der Waals surface area contributed by atoms with Gasteiger partial charge in [0, 0.05) is 6.54 Å². The molecule has 2 aromatic rings. The number of phenols is 1. The number of carbonyl (C=O) groups is 1. The number of thioether (sulfide) groups is 1. The van der Waals surface area contributed by atoms with Crippen molar-refractivity contribution in [1.82, 2.24) is 4.90 Å². The van der Waals surface area contributed by atoms with E-state index >= 15 is 0 Å². The fourth-order valence-electron chi connectivity index (χ4n) is 2.39. The largest absolute Gasteiger partial charge is 0.507 e. The van der Waals surface area contributed by atoms with Crippen LogP contribution in [0.4, 0.5) is 5.69 Å². The number of aromatic hydroxyl groups is 1. The van der Waals surface area contributed by atoms with Crippen LogP contribution in [0.3, 0.4) is 0 Å². The molecule has 2 aromatic carbocycles. The maximum atomic E-state index is 12.7. The molecule has 0 aromatic heterocycles. The molecule has 0 radical (unpaired) electrons. The number of amidine groups is 1. The second-order valence-electron chi connectivity index (χ2n) is 5.51. The van der Waals surface area contributed by atoms with Gasteiger partial charge >= 0.3 is 0 Å². The van der Waals surface area contributed by atoms with Crippen molar-refractivity contribution in [3.05, 3.63) is 63.5 Å². The fraction of sp³-hybridized carbons (Fsp3) is 0.158. The van der Waals surface area contributed by atoms with Crippen molar-refractivity contribution in [1.29, 1.82) is 0 Å². The first kappa shape index (κ1) is 17.8. The third kappa shape index (κ3) is 4.14. The predicted octanol–water partition coefficient (Wildman–Crippen LogP) is 5.17. The Morgan fingerprint density at radius 3 is 2.68 bits per heavy atom. The Morgan fingerprint density at radius 2 is 2.00 bits per heavy atom. The lowest BCUT2D eigenvalue weighted by molar-refractivity contribution is -0.122. The molecule has 0 saturated carbocycles. The molecule has 4 nitrogen and oxygen atoms in total. The minimum Gasteiger partial charge on any atom is -0.507 e. The van der Waals surface area contributed by atoms with E-state index in [9.17, 15) is 9.90 Å². The molecule has 25 heavy (non-hydrogen) atoms. The third-order valence-corrected chi connectivity index (χ3v) is 5.23. The number of aliphatic imine (C=N–C) groups is 1. The Balaban J connectivity index is 1.94. The molecule has 3 rings (SSSR count). The molecule has 1 saturated heterocycles. The maximum Gasteiger partial charge on any atom is 0.266 e. The molecule has 6 heteroatoms. The summed E-state index contributed by atoms with van der Waals surface area (Å²) in [6.07, 6.45) is 2.69. The van der Waals surface area contributed by atoms with Gasteiger partial charge in [0.2, 0.25) is 0 Å². The van der Waals surface area contributed by atoms with E-state index in [1.807, 2.05) is 43.3 Å². The molecular weight excluding hydrogens is 400 g/mol. The molecule has 1 aliphatic heterocycles. The second-order valence-corrected chi connectivity index (χ2v) is 7.37. The fourth-order valence-corrected chi connectivity index (χ4v) is 3.81. The molecular formula is C19H17BrN2O2S. The summed E-state index contributed by atoms with van der Waals surface area (Å²) in [6, 6.07) is 14.8. The summed E-state index contributed by atoms with van der Waals surface area (Å²) in [7, 11) is 0. The van der Waals surface area contributed by atoms with Crippen LogP contribution in [0.15, 0.2) is 62.9 Å². The van der Waals surface area contributed by atoms with Gasteiger partial charge in [-0.3, -0.25) is 9.69 Å². The van der Waals surface area contributed by atoms with Crippen LogP contribution in [0.2, 0.25) is 0 Å². The van der Waals surface area contributed by atoms with Crippen LogP contribution >= 0.6 is 27.7 Å². The molecule has 128 valence electrons. The lowest BCUT2D eigenvalue weighted by Gasteiger charge is -2.13. The van der Waals surface area contributed by atoms with Crippen LogP contribution in [0, 0.1) is 0 Å². The van der Waals surface area contributed by atoms with Crippen molar-refractivity contribution >= 4 is 50.5 Å². The lowest BCUT2D eigenvalue weighted by Crippen LogP contribution is -2.29. The van der Waals surface area contributed by atoms with Crippen LogP contribution in [-0.2, 0) is 4.79 Å². The summed E-state index contributed by atoms with van der Waals surface area (Å²) in [6.45, 7) is 2.67. The lowest BCUT2D eigenvalue weighted by atomic mass is 10.2. The van der Waals surface area contributed by atoms with Crippen LogP contribution < -0.4 is 0 Å². The SMILES string of the molecule is CCCN1C(=O)/C(=C/c2ccc(O)c(Br)c2)SC1=Nc1ccccc1. The number of amides is 1. The minimum absolute atomic E-state index is 0.0364. The van der Waals surface area contributed by atoms with E-state index in [0.717, 1.165) is 17.7 Å². The molecule has 0 unspecified atom stereocenters. The summed E-state index contributed by atoms with van der Waals surface area (Å²) in [5.41, 5.74) is 1.67. The van der Waals surface area contributed by atoms with E-state index in [0.29, 0.717) is 21.1 Å². The standard InChI is InChI=1S/C19H17BrN2O2S/c1-2-10-22-18(24)17(12-13-8-9-16(23)15(20)11-13)25-19(22)21-14-6-4-3-5-7-14/h3-9,11-12,23H,2,10H2,1H3/b17-12-,21-19?. The van der Waals surface area contributed by atoms with Crippen molar-refractivity contribution < 1.29 is 9.90 Å². The number of phenolic OH excluding ortho intramolecular Hbond substituents is 1. The number of carbonyl (C=O) groups excluding carboxylic acids is 1. The first-order valence-corrected chi connectivity index (χ1v) is 9.53. The zero-order chi connectivity index (χ0) is 17.8. The van der Waals surface area contributed by atoms with Crippen LogP contribution in [0.1, 0.15) is 18.9 Å². The summed E-state index contributed by atoms with van der Waals surface area (Å²) in [5.74, 6) is 0.136. The Morgan fingerprint density at radius 1 is 1.24 bits per heavy atom. The van der Waals surface area contributed by atoms with Gasteiger partial charge in [-0.05, 0) is 70.0 Å². The van der Waals surface area contributed by atoms with Crippen molar-refractivity contribution in [3.8, 4) is 5.75 Å². The molecule has 1 amide bonds. The van der Waals surface area contributed by atoms with Gasteiger partial charge in [-0.2, -0.15) is 0 Å². The number of benzene rings is 2. The first-order chi connectivity index (χ1) is 12.1. The highest BCUT2D eigenvalue weighted by atomic mass is 79.9. The van der Waals surface area contributed by atoms with Crippen LogP contribution in [0.5, 0.6) is 5.75 Å². The van der Waals surface area contributed by atoms with E-state index in [2.05, 4.69) is 20.9 Å². The van der Waals surface area contributed by atoms with Gasteiger partial charge in [0.1, 0.15) is 5.75 Å². The third-order valence-electron chi connectivity index (χ3n) is 3.59. The number of para-hydroxylation sites is 1. The Kier molecular flexibility index (Phi) is 5.60. The highest BCUT2D eigenvalue weighted by Gasteiger charge is 2.32. The zero-order valence-corrected chi connectivity index (χ0v) is 16.0. The van der Waals surface area contributed by atoms with E-state index in [1.165, 1.54) is 11.8 Å². The molecule has 1 N–H and O–H groups in total. The Hall–Kier alpha value is -2.05. The van der Waals surface area contributed by atoms with Crippen molar-refractivity contribution in [2.45, 2.75) is 13.3 Å². The van der Waals surface area contributed by atoms with Gasteiger partial charge < -0.3 is 5.11 Å². The van der Waals surface area contributed by atoms with Crippen LogP contribution in [-0.4, -0.2) is 27.6 Å². The summed E-state index contributed by atoms with van der Waals surface area (Å²) >= 11 is 4.67. The quantitative estimate of drug-likeness (QED) is 0.699. The van der Waals surface area contributed by atoms with E-state index < -0.39 is 0 Å². The van der Waals surface area contributed by atoms with Crippen molar-refractivity contribution in [2.75, 3.05) is 6.54 Å². The molecule has 1 fully saturated rings. The highest BCUT2D eigenvalue weighted by Crippen LogP contribution is 2.35. The smallest absolute Gasteiger partial charge is 0.266 e. The van der Waals surface area contributed by atoms with Crippen molar-refractivity contribution in [2.24, 2.45) is 4.99 Å². The number of halogens is 1. The molecule has 0 atom stereocenters. The molecule has 0 bridgehead atoms. The summed E-state index contributed by atoms with van der Waals surface area (Å²) in [5, 5.41) is 10.3.